The zero-order valence-corrected chi connectivity index (χ0v) is 19.0. The Labute approximate surface area is 195 Å². The number of alkyl halides is 3. The molecule has 0 bridgehead atoms. The van der Waals surface area contributed by atoms with Crippen LogP contribution < -0.4 is 11.2 Å². The van der Waals surface area contributed by atoms with Crippen molar-refractivity contribution in [3.8, 4) is 11.5 Å². The van der Waals surface area contributed by atoms with Crippen molar-refractivity contribution in [1.82, 2.24) is 23.9 Å². The van der Waals surface area contributed by atoms with E-state index in [2.05, 4.69) is 10.1 Å². The Morgan fingerprint density at radius 3 is 2.43 bits per heavy atom. The highest BCUT2D eigenvalue weighted by atomic mass is 19.4. The summed E-state index contributed by atoms with van der Waals surface area (Å²) in [5, 5.41) is 12.9. The van der Waals surface area contributed by atoms with E-state index in [1.807, 2.05) is 0 Å². The van der Waals surface area contributed by atoms with Crippen molar-refractivity contribution < 1.29 is 22.7 Å². The number of aryl methyl sites for hydroxylation is 1. The van der Waals surface area contributed by atoms with Gasteiger partial charge in [-0.25, -0.2) is 14.2 Å². The Balaban J connectivity index is 2.10. The molecule has 3 heterocycles. The van der Waals surface area contributed by atoms with Crippen molar-refractivity contribution in [3.63, 3.8) is 0 Å². The molecule has 0 aliphatic heterocycles. The summed E-state index contributed by atoms with van der Waals surface area (Å²) in [4.78, 5) is 30.0. The molecule has 3 aromatic heterocycles. The molecule has 0 fully saturated rings. The number of aromatic nitrogens is 5. The minimum Gasteiger partial charge on any atom is -0.388 e. The van der Waals surface area contributed by atoms with Gasteiger partial charge in [-0.2, -0.15) is 17.9 Å². The largest absolute Gasteiger partial charge is 0.395 e. The number of pyridine rings is 2. The fraction of sp³-hybridized carbons (Fsp3) is 0.304. The van der Waals surface area contributed by atoms with E-state index in [4.69, 9.17) is 0 Å². The van der Waals surface area contributed by atoms with E-state index in [0.717, 1.165) is 28.3 Å². The summed E-state index contributed by atoms with van der Waals surface area (Å²) in [6, 6.07) is 7.36. The molecule has 1 N–H and O–H groups in total. The number of aliphatic hydroxyl groups excluding tert-OH is 1. The number of fused-ring (bicyclic) bond motifs is 1. The minimum absolute atomic E-state index is 0.0716. The highest BCUT2D eigenvalue weighted by Crippen LogP contribution is 2.37. The van der Waals surface area contributed by atoms with E-state index in [0.29, 0.717) is 15.9 Å². The molecule has 4 rings (SSSR count). The smallest absolute Gasteiger partial charge is 0.388 e. The van der Waals surface area contributed by atoms with E-state index >= 15 is 4.39 Å². The van der Waals surface area contributed by atoms with Gasteiger partial charge >= 0.3 is 11.9 Å². The first-order valence-electron chi connectivity index (χ1n) is 10.7. The number of benzene rings is 1. The zero-order chi connectivity index (χ0) is 25.7. The molecule has 35 heavy (non-hydrogen) atoms. The third-order valence-electron chi connectivity index (χ3n) is 5.88. The standard InChI is InChI=1S/C23H21F4N5O3/c1-4-30-18(11-33)29-32(22(30)35)20-16(24)9-14-19(28-20)15(13(3)23(25,26)27)10-31(21(14)34)17-8-6-5-7-12(17)2/h5-10,13,33H,4,11H2,1-3H3/t13-/m1/s1. The molecule has 0 amide bonds. The van der Waals surface area contributed by atoms with Gasteiger partial charge in [-0.05, 0) is 38.5 Å². The molecule has 0 unspecified atom stereocenters. The first kappa shape index (κ1) is 24.3. The summed E-state index contributed by atoms with van der Waals surface area (Å²) >= 11 is 0. The van der Waals surface area contributed by atoms with Crippen molar-refractivity contribution in [2.24, 2.45) is 0 Å². The molecule has 0 spiro atoms. The lowest BCUT2D eigenvalue weighted by Crippen LogP contribution is -2.27. The monoisotopic (exact) mass is 491 g/mol. The maximum Gasteiger partial charge on any atom is 0.395 e. The van der Waals surface area contributed by atoms with Crippen molar-refractivity contribution in [1.29, 1.82) is 0 Å². The van der Waals surface area contributed by atoms with E-state index in [1.165, 1.54) is 0 Å². The van der Waals surface area contributed by atoms with Gasteiger partial charge in [-0.15, -0.1) is 5.10 Å². The Bertz CT molecular complexity index is 1550. The SMILES string of the molecule is CCn1c(CO)nn(-c2nc3c([C@@H](C)C(F)(F)F)cn(-c4ccccc4C)c(=O)c3cc2F)c1=O. The summed E-state index contributed by atoms with van der Waals surface area (Å²) < 4.78 is 59.3. The van der Waals surface area contributed by atoms with Crippen LogP contribution >= 0.6 is 0 Å². The summed E-state index contributed by atoms with van der Waals surface area (Å²) in [6.45, 7) is 3.70. The van der Waals surface area contributed by atoms with Gasteiger partial charge in [-0.1, -0.05) is 18.2 Å². The first-order valence-corrected chi connectivity index (χ1v) is 10.7. The van der Waals surface area contributed by atoms with Gasteiger partial charge in [0.25, 0.3) is 5.56 Å². The molecular weight excluding hydrogens is 470 g/mol. The predicted octanol–water partition coefficient (Wildman–Crippen LogP) is 3.36. The van der Waals surface area contributed by atoms with Crippen molar-refractivity contribution in [3.05, 3.63) is 80.1 Å². The second-order valence-electron chi connectivity index (χ2n) is 8.01. The van der Waals surface area contributed by atoms with Gasteiger partial charge in [0.05, 0.1) is 22.5 Å². The third-order valence-corrected chi connectivity index (χ3v) is 5.88. The highest BCUT2D eigenvalue weighted by molar-refractivity contribution is 5.83. The van der Waals surface area contributed by atoms with Crippen molar-refractivity contribution >= 4 is 10.9 Å². The van der Waals surface area contributed by atoms with Crippen LogP contribution in [0.2, 0.25) is 0 Å². The molecule has 1 aromatic carbocycles. The number of halogens is 4. The number of nitrogens with zero attached hydrogens (tertiary/aromatic N) is 5. The number of para-hydroxylation sites is 1. The van der Waals surface area contributed by atoms with Crippen LogP contribution in [0.4, 0.5) is 17.6 Å². The molecule has 0 aliphatic carbocycles. The third kappa shape index (κ3) is 4.03. The molecule has 0 radical (unpaired) electrons. The average Bonchev–Trinajstić information content (AvgIpc) is 3.14. The molecule has 184 valence electrons. The van der Waals surface area contributed by atoms with Crippen LogP contribution in [0.3, 0.4) is 0 Å². The summed E-state index contributed by atoms with van der Waals surface area (Å²) in [6.07, 6.45) is -3.64. The van der Waals surface area contributed by atoms with Gasteiger partial charge in [0.2, 0.25) is 0 Å². The summed E-state index contributed by atoms with van der Waals surface area (Å²) in [7, 11) is 0. The van der Waals surface area contributed by atoms with E-state index < -0.39 is 47.1 Å². The van der Waals surface area contributed by atoms with E-state index in [1.54, 1.807) is 38.1 Å². The second kappa shape index (κ2) is 8.77. The van der Waals surface area contributed by atoms with Crippen LogP contribution in [0.15, 0.2) is 46.1 Å². The lowest BCUT2D eigenvalue weighted by molar-refractivity contribution is -0.146. The van der Waals surface area contributed by atoms with Gasteiger partial charge in [0.1, 0.15) is 6.61 Å². The molecule has 12 heteroatoms. The maximum absolute atomic E-state index is 15.2. The van der Waals surface area contributed by atoms with Gasteiger partial charge in [-0.3, -0.25) is 13.9 Å². The molecule has 0 saturated heterocycles. The van der Waals surface area contributed by atoms with Crippen LogP contribution in [0, 0.1) is 12.7 Å². The summed E-state index contributed by atoms with van der Waals surface area (Å²) in [5.41, 5.74) is -1.41. The maximum atomic E-state index is 15.2. The Kier molecular flexibility index (Phi) is 6.09. The number of hydrogen-bond acceptors (Lipinski definition) is 5. The predicted molar refractivity (Wildman–Crippen MR) is 119 cm³/mol. The topological polar surface area (TPSA) is 94.9 Å². The van der Waals surface area contributed by atoms with Crippen LogP contribution in [-0.4, -0.2) is 35.2 Å². The quantitative estimate of drug-likeness (QED) is 0.432. The molecule has 8 nitrogen and oxygen atoms in total. The van der Waals surface area contributed by atoms with Crippen LogP contribution in [0.1, 0.15) is 36.7 Å². The number of rotatable bonds is 5. The highest BCUT2D eigenvalue weighted by Gasteiger charge is 2.39. The number of aliphatic hydroxyl groups is 1. The Hall–Kier alpha value is -3.80. The minimum atomic E-state index is -4.69. The van der Waals surface area contributed by atoms with Crippen molar-refractivity contribution in [2.75, 3.05) is 0 Å². The fourth-order valence-corrected chi connectivity index (χ4v) is 3.91. The summed E-state index contributed by atoms with van der Waals surface area (Å²) in [5.74, 6) is -3.94. The molecule has 1 atom stereocenters. The zero-order valence-electron chi connectivity index (χ0n) is 19.0. The molecule has 0 saturated carbocycles. The van der Waals surface area contributed by atoms with Crippen LogP contribution in [0.5, 0.6) is 0 Å². The molecular formula is C23H21F4N5O3. The lowest BCUT2D eigenvalue weighted by atomic mass is 9.99. The fourth-order valence-electron chi connectivity index (χ4n) is 3.91. The van der Waals surface area contributed by atoms with Gasteiger partial charge < -0.3 is 5.11 Å². The van der Waals surface area contributed by atoms with Crippen LogP contribution in [0.25, 0.3) is 22.4 Å². The number of hydrogen-bond donors (Lipinski definition) is 1. The van der Waals surface area contributed by atoms with Gasteiger partial charge in [0.15, 0.2) is 17.5 Å². The second-order valence-corrected chi connectivity index (χ2v) is 8.01. The Morgan fingerprint density at radius 1 is 1.17 bits per heavy atom. The Morgan fingerprint density at radius 2 is 1.86 bits per heavy atom. The van der Waals surface area contributed by atoms with E-state index in [9.17, 15) is 27.9 Å². The lowest BCUT2D eigenvalue weighted by Gasteiger charge is -2.20. The molecule has 0 aliphatic rings. The van der Waals surface area contributed by atoms with E-state index in [-0.39, 0.29) is 23.3 Å². The van der Waals surface area contributed by atoms with Crippen molar-refractivity contribution in [2.45, 2.75) is 46.0 Å². The molecule has 4 aromatic rings. The van der Waals surface area contributed by atoms with Crippen LogP contribution in [-0.2, 0) is 13.2 Å². The normalized spacial score (nSPS) is 12.9. The average molecular weight is 491 g/mol. The van der Waals surface area contributed by atoms with Gasteiger partial charge in [0, 0.05) is 18.3 Å². The first-order chi connectivity index (χ1) is 16.5.